The van der Waals surface area contributed by atoms with Gasteiger partial charge in [0, 0.05) is 30.9 Å². The number of anilines is 1. The number of ether oxygens (including phenoxy) is 2. The van der Waals surface area contributed by atoms with E-state index in [1.807, 2.05) is 60.7 Å². The molecule has 3 heterocycles. The van der Waals surface area contributed by atoms with E-state index in [1.165, 1.54) is 11.3 Å². The number of carbonyl (C=O) groups is 1. The van der Waals surface area contributed by atoms with E-state index < -0.39 is 10.0 Å². The summed E-state index contributed by atoms with van der Waals surface area (Å²) in [4.78, 5) is 16.3. The Morgan fingerprint density at radius 2 is 1.67 bits per heavy atom. The lowest BCUT2D eigenvalue weighted by atomic mass is 10.0. The number of carbonyl (C=O) groups excluding carboxylic acids is 1. The Morgan fingerprint density at radius 1 is 0.884 bits per heavy atom. The molecule has 0 atom stereocenters. The van der Waals surface area contributed by atoms with Crippen molar-refractivity contribution in [2.24, 2.45) is 0 Å². The lowest BCUT2D eigenvalue weighted by molar-refractivity contribution is 0.0368. The zero-order valence-corrected chi connectivity index (χ0v) is 25.8. The minimum atomic E-state index is -3.51. The van der Waals surface area contributed by atoms with Crippen molar-refractivity contribution in [2.75, 3.05) is 57.9 Å². The number of fused-ring (bicyclic) bond motifs is 1. The molecule has 0 unspecified atom stereocenters. The maximum absolute atomic E-state index is 13.5. The molecule has 10 heteroatoms. The Bertz CT molecular complexity index is 1660. The molecule has 3 aromatic carbocycles. The van der Waals surface area contributed by atoms with Crippen molar-refractivity contribution in [3.05, 3.63) is 78.4 Å². The SMILES string of the molecule is O=C(Nc1cc2ccc(S(=O)(=O)N3CCCC3)cc2s1)c1ccc(-c2ccccc2)cc1OCCCCN1CCOCC1. The first kappa shape index (κ1) is 29.8. The zero-order valence-electron chi connectivity index (χ0n) is 24.2. The molecule has 2 aliphatic heterocycles. The van der Waals surface area contributed by atoms with Crippen LogP contribution in [-0.4, -0.2) is 76.1 Å². The van der Waals surface area contributed by atoms with Crippen molar-refractivity contribution in [1.29, 1.82) is 0 Å². The number of hydrogen-bond donors (Lipinski definition) is 1. The lowest BCUT2D eigenvalue weighted by Gasteiger charge is -2.26. The summed E-state index contributed by atoms with van der Waals surface area (Å²) in [7, 11) is -3.51. The highest BCUT2D eigenvalue weighted by molar-refractivity contribution is 7.89. The number of morpholine rings is 1. The summed E-state index contributed by atoms with van der Waals surface area (Å²) in [6.07, 6.45) is 3.68. The number of thiophene rings is 1. The molecule has 0 aliphatic carbocycles. The number of sulfonamides is 1. The van der Waals surface area contributed by atoms with Crippen LogP contribution in [0.3, 0.4) is 0 Å². The molecule has 43 heavy (non-hydrogen) atoms. The van der Waals surface area contributed by atoms with Gasteiger partial charge in [0.05, 0.1) is 35.3 Å². The fourth-order valence-electron chi connectivity index (χ4n) is 5.57. The first-order valence-electron chi connectivity index (χ1n) is 14.9. The highest BCUT2D eigenvalue weighted by Gasteiger charge is 2.27. The number of rotatable bonds is 11. The maximum atomic E-state index is 13.5. The molecule has 0 bridgehead atoms. The van der Waals surface area contributed by atoms with Crippen molar-refractivity contribution in [1.82, 2.24) is 9.21 Å². The molecule has 4 aromatic rings. The van der Waals surface area contributed by atoms with Gasteiger partial charge in [0.15, 0.2) is 0 Å². The second-order valence-corrected chi connectivity index (χ2v) is 14.0. The number of nitrogens with one attached hydrogen (secondary N) is 1. The molecule has 226 valence electrons. The quantitative estimate of drug-likeness (QED) is 0.204. The fourth-order valence-corrected chi connectivity index (χ4v) is 8.19. The Labute approximate surface area is 257 Å². The molecule has 1 aromatic heterocycles. The number of amides is 1. The van der Waals surface area contributed by atoms with Crippen LogP contribution in [0.2, 0.25) is 0 Å². The third-order valence-corrected chi connectivity index (χ3v) is 10.9. The lowest BCUT2D eigenvalue weighted by Crippen LogP contribution is -2.36. The van der Waals surface area contributed by atoms with Gasteiger partial charge in [-0.1, -0.05) is 42.5 Å². The van der Waals surface area contributed by atoms with Crippen LogP contribution in [0.15, 0.2) is 77.7 Å². The van der Waals surface area contributed by atoms with Gasteiger partial charge in [-0.15, -0.1) is 11.3 Å². The summed E-state index contributed by atoms with van der Waals surface area (Å²) in [5.41, 5.74) is 2.49. The molecule has 0 spiro atoms. The summed E-state index contributed by atoms with van der Waals surface area (Å²) in [5, 5.41) is 4.56. The van der Waals surface area contributed by atoms with Gasteiger partial charge in [0.25, 0.3) is 5.91 Å². The minimum absolute atomic E-state index is 0.264. The predicted molar refractivity (Wildman–Crippen MR) is 172 cm³/mol. The third kappa shape index (κ3) is 7.11. The number of benzene rings is 3. The van der Waals surface area contributed by atoms with Gasteiger partial charge in [-0.3, -0.25) is 9.69 Å². The van der Waals surface area contributed by atoms with Crippen LogP contribution in [-0.2, 0) is 14.8 Å². The molecule has 2 aliphatic rings. The van der Waals surface area contributed by atoms with Gasteiger partial charge in [-0.2, -0.15) is 4.31 Å². The van der Waals surface area contributed by atoms with Gasteiger partial charge in [0.2, 0.25) is 10.0 Å². The van der Waals surface area contributed by atoms with E-state index in [0.29, 0.717) is 40.9 Å². The summed E-state index contributed by atoms with van der Waals surface area (Å²) in [6.45, 7) is 6.17. The van der Waals surface area contributed by atoms with Crippen molar-refractivity contribution in [3.8, 4) is 16.9 Å². The van der Waals surface area contributed by atoms with E-state index in [1.54, 1.807) is 16.4 Å². The van der Waals surface area contributed by atoms with Gasteiger partial charge < -0.3 is 14.8 Å². The molecule has 1 N–H and O–H groups in total. The highest BCUT2D eigenvalue weighted by atomic mass is 32.2. The van der Waals surface area contributed by atoms with Crippen molar-refractivity contribution < 1.29 is 22.7 Å². The third-order valence-electron chi connectivity index (χ3n) is 7.99. The monoisotopic (exact) mass is 619 g/mol. The summed E-state index contributed by atoms with van der Waals surface area (Å²) >= 11 is 1.37. The topological polar surface area (TPSA) is 88.2 Å². The van der Waals surface area contributed by atoms with Crippen molar-refractivity contribution in [2.45, 2.75) is 30.6 Å². The smallest absolute Gasteiger partial charge is 0.260 e. The first-order valence-corrected chi connectivity index (χ1v) is 17.2. The molecule has 2 saturated heterocycles. The number of nitrogens with zero attached hydrogens (tertiary/aromatic N) is 2. The number of unbranched alkanes of at least 4 members (excludes halogenated alkanes) is 1. The normalized spacial score (nSPS) is 16.5. The molecule has 8 nitrogen and oxygen atoms in total. The van der Waals surface area contributed by atoms with Gasteiger partial charge in [-0.05, 0) is 79.1 Å². The molecule has 1 amide bonds. The Balaban J connectivity index is 1.17. The van der Waals surface area contributed by atoms with Crippen LogP contribution in [0.5, 0.6) is 5.75 Å². The zero-order chi connectivity index (χ0) is 29.6. The molecule has 6 rings (SSSR count). The average molecular weight is 620 g/mol. The van der Waals surface area contributed by atoms with Crippen LogP contribution in [0, 0.1) is 0 Å². The molecule has 0 saturated carbocycles. The van der Waals surface area contributed by atoms with E-state index in [-0.39, 0.29) is 5.91 Å². The van der Waals surface area contributed by atoms with E-state index in [2.05, 4.69) is 10.2 Å². The van der Waals surface area contributed by atoms with Gasteiger partial charge in [-0.25, -0.2) is 8.42 Å². The molecular weight excluding hydrogens is 583 g/mol. The van der Waals surface area contributed by atoms with Gasteiger partial charge in [0.1, 0.15) is 5.75 Å². The van der Waals surface area contributed by atoms with Gasteiger partial charge >= 0.3 is 0 Å². The Kier molecular flexibility index (Phi) is 9.40. The van der Waals surface area contributed by atoms with Crippen LogP contribution in [0.1, 0.15) is 36.0 Å². The maximum Gasteiger partial charge on any atom is 0.260 e. The Hall–Kier alpha value is -3.28. The first-order chi connectivity index (χ1) is 21.0. The summed E-state index contributed by atoms with van der Waals surface area (Å²) in [6, 6.07) is 22.8. The Morgan fingerprint density at radius 3 is 2.47 bits per heavy atom. The molecular formula is C33H37N3O5S2. The second kappa shape index (κ2) is 13.6. The largest absolute Gasteiger partial charge is 0.493 e. The number of hydrogen-bond acceptors (Lipinski definition) is 7. The van der Waals surface area contributed by atoms with Crippen LogP contribution >= 0.6 is 11.3 Å². The summed E-state index contributed by atoms with van der Waals surface area (Å²) < 4.78 is 40.2. The van der Waals surface area contributed by atoms with E-state index in [9.17, 15) is 13.2 Å². The predicted octanol–water partition coefficient (Wildman–Crippen LogP) is 6.10. The second-order valence-electron chi connectivity index (χ2n) is 11.0. The van der Waals surface area contributed by atoms with E-state index in [4.69, 9.17) is 9.47 Å². The van der Waals surface area contributed by atoms with Crippen molar-refractivity contribution >= 4 is 42.4 Å². The average Bonchev–Trinajstić information content (AvgIpc) is 3.72. The van der Waals surface area contributed by atoms with Crippen molar-refractivity contribution in [3.63, 3.8) is 0 Å². The van der Waals surface area contributed by atoms with Crippen LogP contribution in [0.25, 0.3) is 21.2 Å². The standard InChI is InChI=1S/C33H37N3O5S2/c37-33(34-32-23-27-10-12-28(24-31(27)42-32)43(38,39)36-15-4-5-16-36)29-13-11-26(25-8-2-1-3-9-25)22-30(29)41-19-7-6-14-35-17-20-40-21-18-35/h1-3,8-13,22-24H,4-7,14-21H2,(H,34,37). The molecule has 2 fully saturated rings. The van der Waals surface area contributed by atoms with Crippen LogP contribution in [0.4, 0.5) is 5.00 Å². The van der Waals surface area contributed by atoms with Crippen LogP contribution < -0.4 is 10.1 Å². The fraction of sp³-hybridized carbons (Fsp3) is 0.364. The van der Waals surface area contributed by atoms with E-state index >= 15 is 0 Å². The van der Waals surface area contributed by atoms with E-state index in [0.717, 1.165) is 79.7 Å². The minimum Gasteiger partial charge on any atom is -0.493 e. The summed E-state index contributed by atoms with van der Waals surface area (Å²) in [5.74, 6) is 0.282. The molecule has 0 radical (unpaired) electrons. The highest BCUT2D eigenvalue weighted by Crippen LogP contribution is 2.34.